The van der Waals surface area contributed by atoms with Crippen molar-refractivity contribution in [3.63, 3.8) is 0 Å². The zero-order valence-electron chi connectivity index (χ0n) is 33.4. The quantitative estimate of drug-likeness (QED) is 0.0833. The summed E-state index contributed by atoms with van der Waals surface area (Å²) in [7, 11) is 4.57. The number of carbonyl (C=O) groups excluding carboxylic acids is 4. The van der Waals surface area contributed by atoms with E-state index in [-0.39, 0.29) is 48.4 Å². The number of phenols is 1. The first-order valence-corrected chi connectivity index (χ1v) is 20.9. The van der Waals surface area contributed by atoms with Gasteiger partial charge in [-0.25, -0.2) is 4.90 Å². The van der Waals surface area contributed by atoms with Crippen LogP contribution in [0.5, 0.6) is 17.2 Å². The third-order valence-electron chi connectivity index (χ3n) is 12.9. The molecule has 2 aromatic heterocycles. The fraction of sp³-hybridized carbons (Fsp3) is 0.409. The fourth-order valence-corrected chi connectivity index (χ4v) is 11.2. The van der Waals surface area contributed by atoms with Crippen molar-refractivity contribution >= 4 is 74.5 Å². The number of aromatic nitrogens is 2. The number of allylic oxidation sites excluding steroid dienone is 3. The maximum absolute atomic E-state index is 15.1. The van der Waals surface area contributed by atoms with Crippen molar-refractivity contribution in [2.24, 2.45) is 42.1 Å². The number of aliphatic carboxylic acids is 1. The van der Waals surface area contributed by atoms with Crippen molar-refractivity contribution in [1.82, 2.24) is 14.7 Å². The maximum atomic E-state index is 15.1. The molecule has 2 aliphatic carbocycles. The van der Waals surface area contributed by atoms with Gasteiger partial charge in [-0.15, -0.1) is 11.3 Å². The molecule has 6 atom stereocenters. The van der Waals surface area contributed by atoms with Gasteiger partial charge in [0, 0.05) is 41.7 Å². The summed E-state index contributed by atoms with van der Waals surface area (Å²) in [6, 6.07) is 10.8. The Labute approximate surface area is 349 Å². The van der Waals surface area contributed by atoms with E-state index in [4.69, 9.17) is 31.3 Å². The Bertz CT molecular complexity index is 2480. The molecule has 3 fully saturated rings. The van der Waals surface area contributed by atoms with Gasteiger partial charge in [0.05, 0.1) is 42.3 Å². The Balaban J connectivity index is 1.18. The van der Waals surface area contributed by atoms with Crippen molar-refractivity contribution in [3.8, 4) is 27.8 Å². The lowest BCUT2D eigenvalue weighted by Crippen LogP contribution is -2.49. The number of hydrogen-bond acceptors (Lipinski definition) is 10. The molecule has 1 saturated carbocycles. The number of rotatable bonds is 12. The van der Waals surface area contributed by atoms with E-state index in [0.717, 1.165) is 26.1 Å². The van der Waals surface area contributed by atoms with E-state index >= 15 is 4.79 Å². The second-order valence-electron chi connectivity index (χ2n) is 16.1. The predicted octanol–water partition coefficient (Wildman–Crippen LogP) is 7.41. The van der Waals surface area contributed by atoms with Crippen molar-refractivity contribution in [2.75, 3.05) is 25.7 Å². The molecular weight excluding hydrogens is 796 g/mol. The molecule has 2 saturated heterocycles. The number of unbranched alkanes of at least 4 members (excludes halogenated alkanes) is 2. The number of halogens is 1. The summed E-state index contributed by atoms with van der Waals surface area (Å²) < 4.78 is 13.4. The average Bonchev–Trinajstić information content (AvgIpc) is 3.88. The lowest BCUT2D eigenvalue weighted by molar-refractivity contribution is -0.141. The van der Waals surface area contributed by atoms with E-state index in [1.165, 1.54) is 24.0 Å². The molecule has 4 aromatic rings. The summed E-state index contributed by atoms with van der Waals surface area (Å²) in [5.74, 6) is -4.98. The number of hydrogen-bond donors (Lipinski definition) is 2. The number of ether oxygens (including phenoxy) is 2. The number of carbonyl (C=O) groups is 5. The van der Waals surface area contributed by atoms with E-state index in [9.17, 15) is 24.3 Å². The van der Waals surface area contributed by atoms with Gasteiger partial charge in [-0.3, -0.25) is 33.6 Å². The van der Waals surface area contributed by atoms with Gasteiger partial charge in [0.2, 0.25) is 29.4 Å². The van der Waals surface area contributed by atoms with Gasteiger partial charge in [0.25, 0.3) is 0 Å². The van der Waals surface area contributed by atoms with Gasteiger partial charge >= 0.3 is 5.97 Å². The smallest absolute Gasteiger partial charge is 0.303 e. The monoisotopic (exact) mass is 840 g/mol. The van der Waals surface area contributed by atoms with E-state index in [1.807, 2.05) is 44.2 Å². The second-order valence-corrected chi connectivity index (χ2v) is 17.6. The Hall–Kier alpha value is -5.47. The molecule has 2 aromatic carbocycles. The van der Waals surface area contributed by atoms with E-state index < -0.39 is 52.8 Å². The maximum Gasteiger partial charge on any atom is 0.303 e. The zero-order chi connectivity index (χ0) is 42.1. The van der Waals surface area contributed by atoms with E-state index in [2.05, 4.69) is 0 Å². The molecule has 0 bridgehead atoms. The average molecular weight is 841 g/mol. The largest absolute Gasteiger partial charge is 0.502 e. The number of methoxy groups -OCH3 is 2. The minimum absolute atomic E-state index is 0.0191. The highest BCUT2D eigenvalue weighted by Gasteiger charge is 2.67. The number of phenolic OH excluding ortho intramolecular Hbond substituents is 1. The number of thiophene rings is 1. The zero-order valence-corrected chi connectivity index (χ0v) is 34.9. The number of aryl methyl sites for hydroxylation is 2. The highest BCUT2D eigenvalue weighted by Crippen LogP contribution is 2.61. The summed E-state index contributed by atoms with van der Waals surface area (Å²) in [5.41, 5.74) is 1.76. The Morgan fingerprint density at radius 1 is 1.02 bits per heavy atom. The van der Waals surface area contributed by atoms with Crippen LogP contribution in [-0.4, -0.2) is 75.3 Å². The lowest BCUT2D eigenvalue weighted by atomic mass is 9.52. The second kappa shape index (κ2) is 15.3. The van der Waals surface area contributed by atoms with Crippen LogP contribution >= 0.6 is 22.9 Å². The van der Waals surface area contributed by atoms with Crippen LogP contribution < -0.4 is 14.4 Å². The SMILES string of the molecule is COc1cc(C=C[C@H]2C3=CC[C@@H]4C(=O)N(CCCCCC(=O)O)C(=O)[C@@H]4[C@@H]3C[C@H]3C(=O)N(c4cc(-c5sc6ccc(Cl)cc6c5C)nn4C)C(=O)[C@@]23C)cc(OC)c1O. The standard InChI is InChI=1S/C44H45ClN4O9S/c1-22-27-19-24(45)11-15-34(27)59-39(22)31-21-35(47(3)46-31)49-41(54)30-20-28-25(12-13-26-37(28)42(55)48(40(26)53)16-8-6-7-9-36(50)51)29(44(30,2)43(49)56)14-10-23-17-32(57-4)38(52)33(18-23)58-5/h10-12,14-15,17-19,21,26,28-30,37,52H,6-9,13,16,20H2,1-5H3,(H,50,51)/t26-,28+,29-,30-,37-,44-/m0/s1. The van der Waals surface area contributed by atoms with E-state index in [1.54, 1.807) is 47.3 Å². The third kappa shape index (κ3) is 6.51. The molecule has 0 unspecified atom stereocenters. The summed E-state index contributed by atoms with van der Waals surface area (Å²) in [4.78, 5) is 72.6. The number of aromatic hydroxyl groups is 1. The van der Waals surface area contributed by atoms with Gasteiger partial charge in [-0.05, 0) is 92.3 Å². The number of benzene rings is 2. The molecule has 0 spiro atoms. The minimum atomic E-state index is -1.28. The van der Waals surface area contributed by atoms with Crippen molar-refractivity contribution in [1.29, 1.82) is 0 Å². The molecule has 2 aliphatic heterocycles. The van der Waals surface area contributed by atoms with Crippen LogP contribution in [0.25, 0.3) is 26.7 Å². The topological polar surface area (TPSA) is 169 Å². The van der Waals surface area contributed by atoms with Gasteiger partial charge in [-0.1, -0.05) is 41.8 Å². The Morgan fingerprint density at radius 2 is 1.75 bits per heavy atom. The molecule has 308 valence electrons. The van der Waals surface area contributed by atoms with E-state index in [0.29, 0.717) is 47.8 Å². The van der Waals surface area contributed by atoms with Crippen LogP contribution in [0.4, 0.5) is 5.82 Å². The Kier molecular flexibility index (Phi) is 10.4. The highest BCUT2D eigenvalue weighted by atomic mass is 35.5. The van der Waals surface area contributed by atoms with Crippen LogP contribution in [0, 0.1) is 41.9 Å². The van der Waals surface area contributed by atoms with Crippen molar-refractivity contribution in [3.05, 3.63) is 70.3 Å². The van der Waals surface area contributed by atoms with Gasteiger partial charge in [0.15, 0.2) is 11.5 Å². The molecule has 2 N–H and O–H groups in total. The predicted molar refractivity (Wildman–Crippen MR) is 222 cm³/mol. The minimum Gasteiger partial charge on any atom is -0.502 e. The van der Waals surface area contributed by atoms with Crippen LogP contribution in [0.3, 0.4) is 0 Å². The first kappa shape index (κ1) is 40.3. The molecular formula is C44H45ClN4O9S. The summed E-state index contributed by atoms with van der Waals surface area (Å²) >= 11 is 7.88. The molecule has 59 heavy (non-hydrogen) atoms. The van der Waals surface area contributed by atoms with Crippen LogP contribution in [0.15, 0.2) is 54.1 Å². The van der Waals surface area contributed by atoms with Gasteiger partial charge in [-0.2, -0.15) is 5.10 Å². The molecule has 13 nitrogen and oxygen atoms in total. The number of amides is 4. The van der Waals surface area contributed by atoms with Crippen LogP contribution in [0.2, 0.25) is 5.02 Å². The third-order valence-corrected chi connectivity index (χ3v) is 14.4. The molecule has 4 amide bonds. The molecule has 4 aliphatic rings. The first-order valence-electron chi connectivity index (χ1n) is 19.7. The first-order chi connectivity index (χ1) is 28.2. The van der Waals surface area contributed by atoms with Crippen LogP contribution in [-0.2, 0) is 31.0 Å². The molecule has 0 radical (unpaired) electrons. The number of carboxylic acids is 1. The number of anilines is 1. The molecule has 15 heteroatoms. The van der Waals surface area contributed by atoms with Gasteiger partial charge < -0.3 is 19.7 Å². The fourth-order valence-electron chi connectivity index (χ4n) is 9.88. The lowest BCUT2D eigenvalue weighted by Gasteiger charge is -2.47. The number of fused-ring (bicyclic) bond motifs is 5. The summed E-state index contributed by atoms with van der Waals surface area (Å²) in [6.45, 7) is 4.01. The Morgan fingerprint density at radius 3 is 2.44 bits per heavy atom. The molecule has 8 rings (SSSR count). The highest BCUT2D eigenvalue weighted by molar-refractivity contribution is 7.22. The summed E-state index contributed by atoms with van der Waals surface area (Å²) in [6.07, 6.45) is 7.69. The number of carboxylic acid groups (broad SMARTS) is 1. The number of nitrogens with zero attached hydrogens (tertiary/aromatic N) is 4. The normalized spacial score (nSPS) is 25.2. The molecule has 4 heterocycles. The number of likely N-dealkylation sites (tertiary alicyclic amines) is 1. The van der Waals surface area contributed by atoms with Crippen molar-refractivity contribution < 1.29 is 43.7 Å². The summed E-state index contributed by atoms with van der Waals surface area (Å²) in [5, 5.41) is 26.1. The van der Waals surface area contributed by atoms with Crippen LogP contribution in [0.1, 0.15) is 56.6 Å². The number of imide groups is 2. The van der Waals surface area contributed by atoms with Crippen molar-refractivity contribution in [2.45, 2.75) is 52.4 Å². The van der Waals surface area contributed by atoms with Gasteiger partial charge in [0.1, 0.15) is 11.5 Å².